The van der Waals surface area contributed by atoms with Crippen molar-refractivity contribution in [1.82, 2.24) is 9.97 Å². The van der Waals surface area contributed by atoms with Gasteiger partial charge in [-0.3, -0.25) is 19.8 Å². The van der Waals surface area contributed by atoms with Crippen molar-refractivity contribution in [2.75, 3.05) is 10.7 Å². The summed E-state index contributed by atoms with van der Waals surface area (Å²) in [7, 11) is 0. The molecule has 1 aliphatic rings. The number of nitrogens with zero attached hydrogens (tertiary/aromatic N) is 3. The number of hydrogen-bond donors (Lipinski definition) is 1. The molecule has 1 amide bonds. The van der Waals surface area contributed by atoms with Gasteiger partial charge in [-0.15, -0.1) is 11.8 Å². The second-order valence-electron chi connectivity index (χ2n) is 7.40. The number of nitro benzene ring substituents is 1. The van der Waals surface area contributed by atoms with Crippen molar-refractivity contribution in [3.8, 4) is 11.4 Å². The average molecular weight is 430 g/mol. The third-order valence-electron chi connectivity index (χ3n) is 5.29. The second kappa shape index (κ2) is 7.55. The number of carbonyl (C=O) groups excluding carboxylic acids is 1. The fourth-order valence-electron chi connectivity index (χ4n) is 3.86. The molecule has 4 aromatic rings. The largest absolute Gasteiger partial charge is 0.338 e. The van der Waals surface area contributed by atoms with Crippen LogP contribution in [0.3, 0.4) is 0 Å². The summed E-state index contributed by atoms with van der Waals surface area (Å²) in [5, 5.41) is 10.9. The SMILES string of the molecule is Cc1ccc2nc(-c3ccccc3N3C(=O)CSC3c3cccc([N+](=O)[O-])c3)[nH]c2c1. The van der Waals surface area contributed by atoms with Crippen molar-refractivity contribution in [3.05, 3.63) is 88.0 Å². The predicted octanol–water partition coefficient (Wildman–Crippen LogP) is 5.23. The molecule has 7 nitrogen and oxygen atoms in total. The van der Waals surface area contributed by atoms with Crippen molar-refractivity contribution >= 4 is 40.1 Å². The number of aromatic nitrogens is 2. The maximum Gasteiger partial charge on any atom is 0.269 e. The van der Waals surface area contributed by atoms with E-state index in [9.17, 15) is 14.9 Å². The molecule has 3 aromatic carbocycles. The number of anilines is 1. The van der Waals surface area contributed by atoms with E-state index < -0.39 is 4.92 Å². The van der Waals surface area contributed by atoms with Crippen molar-refractivity contribution in [2.24, 2.45) is 0 Å². The number of para-hydroxylation sites is 1. The molecule has 31 heavy (non-hydrogen) atoms. The number of benzene rings is 3. The van der Waals surface area contributed by atoms with Crippen LogP contribution in [0, 0.1) is 17.0 Å². The molecule has 0 radical (unpaired) electrons. The quantitative estimate of drug-likeness (QED) is 0.354. The van der Waals surface area contributed by atoms with Crippen LogP contribution in [0.2, 0.25) is 0 Å². The Morgan fingerprint density at radius 3 is 2.81 bits per heavy atom. The number of nitrogens with one attached hydrogen (secondary N) is 1. The molecule has 1 saturated heterocycles. The first-order chi connectivity index (χ1) is 15.0. The number of aryl methyl sites for hydroxylation is 1. The first-order valence-corrected chi connectivity index (χ1v) is 10.8. The van der Waals surface area contributed by atoms with Crippen LogP contribution in [0.15, 0.2) is 66.7 Å². The van der Waals surface area contributed by atoms with Gasteiger partial charge in [-0.1, -0.05) is 30.3 Å². The number of rotatable bonds is 4. The number of nitro groups is 1. The lowest BCUT2D eigenvalue weighted by molar-refractivity contribution is -0.384. The van der Waals surface area contributed by atoms with Crippen LogP contribution in [0.1, 0.15) is 16.5 Å². The van der Waals surface area contributed by atoms with Gasteiger partial charge >= 0.3 is 0 Å². The molecule has 0 aliphatic carbocycles. The summed E-state index contributed by atoms with van der Waals surface area (Å²) in [4.78, 5) is 33.6. The Kier molecular flexibility index (Phi) is 4.71. The second-order valence-corrected chi connectivity index (χ2v) is 8.47. The number of fused-ring (bicyclic) bond motifs is 1. The molecule has 1 aliphatic heterocycles. The van der Waals surface area contributed by atoms with E-state index in [1.165, 1.54) is 23.9 Å². The molecular weight excluding hydrogens is 412 g/mol. The third-order valence-corrected chi connectivity index (χ3v) is 6.50. The maximum absolute atomic E-state index is 12.9. The molecule has 8 heteroatoms. The zero-order valence-electron chi connectivity index (χ0n) is 16.6. The van der Waals surface area contributed by atoms with Gasteiger partial charge < -0.3 is 4.98 Å². The lowest BCUT2D eigenvalue weighted by Crippen LogP contribution is -2.28. The molecule has 1 aromatic heterocycles. The van der Waals surface area contributed by atoms with Gasteiger partial charge in [-0.25, -0.2) is 4.98 Å². The van der Waals surface area contributed by atoms with E-state index in [1.54, 1.807) is 11.0 Å². The Labute approximate surface area is 182 Å². The normalized spacial score (nSPS) is 16.2. The number of hydrogen-bond acceptors (Lipinski definition) is 5. The predicted molar refractivity (Wildman–Crippen MR) is 122 cm³/mol. The minimum atomic E-state index is -0.417. The minimum Gasteiger partial charge on any atom is -0.338 e. The van der Waals surface area contributed by atoms with E-state index in [2.05, 4.69) is 4.98 Å². The highest BCUT2D eigenvalue weighted by Crippen LogP contribution is 2.45. The van der Waals surface area contributed by atoms with Gasteiger partial charge in [-0.2, -0.15) is 0 Å². The Morgan fingerprint density at radius 1 is 1.13 bits per heavy atom. The minimum absolute atomic E-state index is 0.0124. The van der Waals surface area contributed by atoms with E-state index in [0.29, 0.717) is 11.6 Å². The molecule has 2 heterocycles. The number of amides is 1. The fourth-order valence-corrected chi connectivity index (χ4v) is 5.02. The molecule has 5 rings (SSSR count). The van der Waals surface area contributed by atoms with E-state index in [4.69, 9.17) is 4.98 Å². The van der Waals surface area contributed by atoms with Crippen LogP contribution in [-0.2, 0) is 4.79 Å². The third kappa shape index (κ3) is 3.44. The van der Waals surface area contributed by atoms with Gasteiger partial charge in [0.1, 0.15) is 11.2 Å². The van der Waals surface area contributed by atoms with Crippen LogP contribution in [-0.4, -0.2) is 26.6 Å². The van der Waals surface area contributed by atoms with E-state index in [1.807, 2.05) is 55.5 Å². The molecule has 0 bridgehead atoms. The highest BCUT2D eigenvalue weighted by Gasteiger charge is 2.36. The number of aromatic amines is 1. The van der Waals surface area contributed by atoms with Crippen molar-refractivity contribution in [3.63, 3.8) is 0 Å². The highest BCUT2D eigenvalue weighted by molar-refractivity contribution is 8.00. The number of imidazole rings is 1. The van der Waals surface area contributed by atoms with Crippen molar-refractivity contribution < 1.29 is 9.72 Å². The van der Waals surface area contributed by atoms with Crippen LogP contribution in [0.5, 0.6) is 0 Å². The molecule has 154 valence electrons. The van der Waals surface area contributed by atoms with Crippen LogP contribution in [0.4, 0.5) is 11.4 Å². The molecule has 1 atom stereocenters. The van der Waals surface area contributed by atoms with Gasteiger partial charge in [0.15, 0.2) is 0 Å². The van der Waals surface area contributed by atoms with Crippen LogP contribution < -0.4 is 4.90 Å². The zero-order chi connectivity index (χ0) is 21.5. The Balaban J connectivity index is 1.61. The summed E-state index contributed by atoms with van der Waals surface area (Å²) in [5.41, 5.74) is 5.19. The Bertz CT molecular complexity index is 1330. The summed E-state index contributed by atoms with van der Waals surface area (Å²) in [6, 6.07) is 20.1. The van der Waals surface area contributed by atoms with Gasteiger partial charge in [0.05, 0.1) is 27.4 Å². The van der Waals surface area contributed by atoms with Crippen LogP contribution in [0.25, 0.3) is 22.4 Å². The Morgan fingerprint density at radius 2 is 1.97 bits per heavy atom. The Hall–Kier alpha value is -3.65. The number of carbonyl (C=O) groups is 1. The average Bonchev–Trinajstić information content (AvgIpc) is 3.36. The highest BCUT2D eigenvalue weighted by atomic mass is 32.2. The van der Waals surface area contributed by atoms with Gasteiger partial charge in [0, 0.05) is 17.7 Å². The number of H-pyrrole nitrogens is 1. The monoisotopic (exact) mass is 430 g/mol. The summed E-state index contributed by atoms with van der Waals surface area (Å²) in [6.45, 7) is 2.03. The summed E-state index contributed by atoms with van der Waals surface area (Å²) >= 11 is 1.46. The van der Waals surface area contributed by atoms with Gasteiger partial charge in [0.25, 0.3) is 5.69 Å². The van der Waals surface area contributed by atoms with Crippen LogP contribution >= 0.6 is 11.8 Å². The lowest BCUT2D eigenvalue weighted by atomic mass is 10.1. The molecule has 1 unspecified atom stereocenters. The first kappa shape index (κ1) is 19.3. The molecule has 0 saturated carbocycles. The molecule has 1 fully saturated rings. The number of thioether (sulfide) groups is 1. The van der Waals surface area contributed by atoms with Gasteiger partial charge in [-0.05, 0) is 42.3 Å². The summed E-state index contributed by atoms with van der Waals surface area (Å²) in [5.74, 6) is 0.945. The fraction of sp³-hybridized carbons (Fsp3) is 0.130. The summed E-state index contributed by atoms with van der Waals surface area (Å²) in [6.07, 6.45) is 0. The summed E-state index contributed by atoms with van der Waals surface area (Å²) < 4.78 is 0. The lowest BCUT2D eigenvalue weighted by Gasteiger charge is -2.26. The number of non-ortho nitro benzene ring substituents is 1. The standard InChI is InChI=1S/C23H18N4O3S/c1-14-9-10-18-19(11-14)25-22(24-18)17-7-2-3-8-20(17)26-21(28)13-31-23(26)15-5-4-6-16(12-15)27(29)30/h2-12,23H,13H2,1H3,(H,24,25). The van der Waals surface area contributed by atoms with E-state index in [0.717, 1.165) is 33.4 Å². The zero-order valence-corrected chi connectivity index (χ0v) is 17.4. The van der Waals surface area contributed by atoms with Crippen molar-refractivity contribution in [2.45, 2.75) is 12.3 Å². The van der Waals surface area contributed by atoms with Crippen molar-refractivity contribution in [1.29, 1.82) is 0 Å². The van der Waals surface area contributed by atoms with E-state index >= 15 is 0 Å². The first-order valence-electron chi connectivity index (χ1n) is 9.75. The van der Waals surface area contributed by atoms with Gasteiger partial charge in [0.2, 0.25) is 5.91 Å². The smallest absolute Gasteiger partial charge is 0.269 e. The topological polar surface area (TPSA) is 92.1 Å². The van der Waals surface area contributed by atoms with E-state index in [-0.39, 0.29) is 17.0 Å². The maximum atomic E-state index is 12.9. The molecule has 1 N–H and O–H groups in total. The molecule has 0 spiro atoms. The molecular formula is C23H18N4O3S.